The van der Waals surface area contributed by atoms with Crippen molar-refractivity contribution in [1.29, 1.82) is 0 Å². The molecule has 0 aromatic heterocycles. The molecule has 0 atom stereocenters. The molecule has 1 aromatic rings. The third kappa shape index (κ3) is 2.40. The normalized spacial score (nSPS) is 15.5. The Balaban J connectivity index is 2.31. The number of ether oxygens (including phenoxy) is 1. The molecule has 1 fully saturated rings. The van der Waals surface area contributed by atoms with Gasteiger partial charge in [-0.25, -0.2) is 0 Å². The molecule has 0 spiro atoms. The Bertz CT molecular complexity index is 350. The maximum absolute atomic E-state index is 5.88. The minimum absolute atomic E-state index is 0.598. The quantitative estimate of drug-likeness (QED) is 0.708. The molecule has 0 bridgehead atoms. The average Bonchev–Trinajstić information content (AvgIpc) is 3.09. The fourth-order valence-corrected chi connectivity index (χ4v) is 2.21. The molecule has 1 aliphatic carbocycles. The lowest BCUT2D eigenvalue weighted by atomic mass is 9.93. The van der Waals surface area contributed by atoms with E-state index in [1.807, 2.05) is 0 Å². The molecule has 88 valence electrons. The highest BCUT2D eigenvalue weighted by Crippen LogP contribution is 2.47. The van der Waals surface area contributed by atoms with Crippen LogP contribution >= 0.6 is 0 Å². The Morgan fingerprint density at radius 1 is 1.31 bits per heavy atom. The van der Waals surface area contributed by atoms with Crippen LogP contribution in [0.25, 0.3) is 0 Å². The van der Waals surface area contributed by atoms with E-state index in [4.69, 9.17) is 4.74 Å². The number of benzene rings is 1. The molecule has 0 N–H and O–H groups in total. The predicted octanol–water partition coefficient (Wildman–Crippen LogP) is 4.48. The van der Waals surface area contributed by atoms with Gasteiger partial charge >= 0.3 is 0 Å². The van der Waals surface area contributed by atoms with Crippen LogP contribution in [0.5, 0.6) is 5.75 Å². The molecule has 1 aliphatic rings. The Kier molecular flexibility index (Phi) is 3.52. The molecule has 2 rings (SSSR count). The van der Waals surface area contributed by atoms with Crippen molar-refractivity contribution in [3.63, 3.8) is 0 Å². The van der Waals surface area contributed by atoms with Gasteiger partial charge < -0.3 is 4.74 Å². The highest BCUT2D eigenvalue weighted by molar-refractivity contribution is 5.46. The Morgan fingerprint density at radius 2 is 2.06 bits per heavy atom. The molecule has 16 heavy (non-hydrogen) atoms. The fourth-order valence-electron chi connectivity index (χ4n) is 2.21. The maximum atomic E-state index is 5.88. The lowest BCUT2D eigenvalue weighted by molar-refractivity contribution is 0.313. The Labute approximate surface area is 98.8 Å². The van der Waals surface area contributed by atoms with E-state index < -0.39 is 0 Å². The van der Waals surface area contributed by atoms with E-state index in [0.717, 1.165) is 24.7 Å². The van der Waals surface area contributed by atoms with Gasteiger partial charge in [0.05, 0.1) is 6.61 Å². The summed E-state index contributed by atoms with van der Waals surface area (Å²) in [5, 5.41) is 0. The van der Waals surface area contributed by atoms with Gasteiger partial charge in [0.15, 0.2) is 0 Å². The largest absolute Gasteiger partial charge is 0.493 e. The summed E-state index contributed by atoms with van der Waals surface area (Å²) in [4.78, 5) is 0. The fraction of sp³-hybridized carbons (Fsp3) is 0.600. The average molecular weight is 218 g/mol. The summed E-state index contributed by atoms with van der Waals surface area (Å²) in [6.07, 6.45) is 3.76. The van der Waals surface area contributed by atoms with E-state index in [9.17, 15) is 0 Å². The molecule has 0 unspecified atom stereocenters. The lowest BCUT2D eigenvalue weighted by Crippen LogP contribution is -2.02. The first-order valence-corrected chi connectivity index (χ1v) is 6.49. The highest BCUT2D eigenvalue weighted by Gasteiger charge is 2.29. The van der Waals surface area contributed by atoms with E-state index in [-0.39, 0.29) is 0 Å². The van der Waals surface area contributed by atoms with Gasteiger partial charge in [-0.05, 0) is 42.7 Å². The number of hydrogen-bond donors (Lipinski definition) is 0. The summed E-state index contributed by atoms with van der Waals surface area (Å²) in [6.45, 7) is 7.53. The second-order valence-corrected chi connectivity index (χ2v) is 5.04. The standard InChI is InChI=1S/C15H22O/c1-4-10-16-14-7-5-6-13(11(2)3)15(14)12-8-9-12/h5-7,11-12H,4,8-10H2,1-3H3. The summed E-state index contributed by atoms with van der Waals surface area (Å²) in [7, 11) is 0. The van der Waals surface area contributed by atoms with Crippen molar-refractivity contribution in [3.8, 4) is 5.75 Å². The minimum atomic E-state index is 0.598. The van der Waals surface area contributed by atoms with Crippen LogP contribution in [0, 0.1) is 0 Å². The summed E-state index contributed by atoms with van der Waals surface area (Å²) in [5.41, 5.74) is 2.97. The summed E-state index contributed by atoms with van der Waals surface area (Å²) in [5.74, 6) is 2.50. The van der Waals surface area contributed by atoms with Crippen molar-refractivity contribution in [2.75, 3.05) is 6.61 Å². The van der Waals surface area contributed by atoms with Crippen LogP contribution in [0.3, 0.4) is 0 Å². The van der Waals surface area contributed by atoms with Crippen molar-refractivity contribution >= 4 is 0 Å². The molecule has 1 heteroatoms. The molecule has 1 nitrogen and oxygen atoms in total. The van der Waals surface area contributed by atoms with Gasteiger partial charge in [-0.15, -0.1) is 0 Å². The smallest absolute Gasteiger partial charge is 0.123 e. The second-order valence-electron chi connectivity index (χ2n) is 5.04. The van der Waals surface area contributed by atoms with E-state index in [2.05, 4.69) is 39.0 Å². The van der Waals surface area contributed by atoms with Gasteiger partial charge in [0, 0.05) is 5.56 Å². The molecule has 0 saturated heterocycles. The van der Waals surface area contributed by atoms with Crippen molar-refractivity contribution < 1.29 is 4.74 Å². The molecule has 0 heterocycles. The Morgan fingerprint density at radius 3 is 2.62 bits per heavy atom. The first kappa shape index (κ1) is 11.5. The molecule has 1 aromatic carbocycles. The molecule has 1 saturated carbocycles. The zero-order chi connectivity index (χ0) is 11.5. The SMILES string of the molecule is CCCOc1cccc(C(C)C)c1C1CC1. The number of hydrogen-bond acceptors (Lipinski definition) is 1. The van der Waals surface area contributed by atoms with Crippen LogP contribution in [0.2, 0.25) is 0 Å². The third-order valence-electron chi connectivity index (χ3n) is 3.17. The summed E-state index contributed by atoms with van der Waals surface area (Å²) < 4.78 is 5.88. The first-order valence-electron chi connectivity index (χ1n) is 6.49. The minimum Gasteiger partial charge on any atom is -0.493 e. The van der Waals surface area contributed by atoms with E-state index >= 15 is 0 Å². The predicted molar refractivity (Wildman–Crippen MR) is 68.3 cm³/mol. The molecule has 0 radical (unpaired) electrons. The van der Waals surface area contributed by atoms with Gasteiger partial charge in [0.25, 0.3) is 0 Å². The van der Waals surface area contributed by atoms with Gasteiger partial charge in [-0.3, -0.25) is 0 Å². The van der Waals surface area contributed by atoms with Crippen LogP contribution < -0.4 is 4.74 Å². The van der Waals surface area contributed by atoms with Crippen molar-refractivity contribution in [2.24, 2.45) is 0 Å². The van der Waals surface area contributed by atoms with E-state index in [1.165, 1.54) is 24.0 Å². The van der Waals surface area contributed by atoms with Crippen LogP contribution in [-0.2, 0) is 0 Å². The molecule has 0 amide bonds. The first-order chi connectivity index (χ1) is 7.74. The van der Waals surface area contributed by atoms with Crippen LogP contribution in [-0.4, -0.2) is 6.61 Å². The Hall–Kier alpha value is -0.980. The third-order valence-corrected chi connectivity index (χ3v) is 3.17. The van der Waals surface area contributed by atoms with Crippen molar-refractivity contribution in [1.82, 2.24) is 0 Å². The van der Waals surface area contributed by atoms with Gasteiger partial charge in [-0.2, -0.15) is 0 Å². The zero-order valence-electron chi connectivity index (χ0n) is 10.6. The topological polar surface area (TPSA) is 9.23 Å². The van der Waals surface area contributed by atoms with Gasteiger partial charge in [0.1, 0.15) is 5.75 Å². The van der Waals surface area contributed by atoms with Crippen LogP contribution in [0.1, 0.15) is 63.0 Å². The van der Waals surface area contributed by atoms with Crippen LogP contribution in [0.4, 0.5) is 0 Å². The van der Waals surface area contributed by atoms with E-state index in [1.54, 1.807) is 0 Å². The molecular weight excluding hydrogens is 196 g/mol. The van der Waals surface area contributed by atoms with Gasteiger partial charge in [0.2, 0.25) is 0 Å². The zero-order valence-corrected chi connectivity index (χ0v) is 10.6. The maximum Gasteiger partial charge on any atom is 0.123 e. The second kappa shape index (κ2) is 4.90. The molecule has 0 aliphatic heterocycles. The lowest BCUT2D eigenvalue weighted by Gasteiger charge is -2.17. The van der Waals surface area contributed by atoms with E-state index in [0.29, 0.717) is 5.92 Å². The summed E-state index contributed by atoms with van der Waals surface area (Å²) in [6, 6.07) is 6.53. The monoisotopic (exact) mass is 218 g/mol. The van der Waals surface area contributed by atoms with Crippen molar-refractivity contribution in [3.05, 3.63) is 29.3 Å². The van der Waals surface area contributed by atoms with Gasteiger partial charge in [-0.1, -0.05) is 32.9 Å². The highest BCUT2D eigenvalue weighted by atomic mass is 16.5. The number of rotatable bonds is 5. The van der Waals surface area contributed by atoms with Crippen LogP contribution in [0.15, 0.2) is 18.2 Å². The van der Waals surface area contributed by atoms with Crippen molar-refractivity contribution in [2.45, 2.75) is 51.9 Å². The molecular formula is C15H22O. The summed E-state index contributed by atoms with van der Waals surface area (Å²) >= 11 is 0.